The standard InChI is InChI=1S/C8H13N3O2/c1-5-3-12-4-7(9-5)8-10-6(2)11-13-8/h5,7,9H,3-4H2,1-2H3. The van der Waals surface area contributed by atoms with Crippen LogP contribution in [0.25, 0.3) is 0 Å². The number of nitrogens with one attached hydrogen (secondary N) is 1. The van der Waals surface area contributed by atoms with Gasteiger partial charge in [0.1, 0.15) is 6.04 Å². The van der Waals surface area contributed by atoms with Crippen LogP contribution >= 0.6 is 0 Å². The Balaban J connectivity index is 2.08. The molecule has 2 rings (SSSR count). The van der Waals surface area contributed by atoms with Gasteiger partial charge in [-0.25, -0.2) is 0 Å². The third-order valence-corrected chi connectivity index (χ3v) is 1.98. The van der Waals surface area contributed by atoms with Crippen LogP contribution < -0.4 is 5.32 Å². The van der Waals surface area contributed by atoms with E-state index in [1.807, 2.05) is 0 Å². The molecule has 0 spiro atoms. The molecule has 1 aliphatic heterocycles. The number of hydrogen-bond acceptors (Lipinski definition) is 5. The van der Waals surface area contributed by atoms with E-state index < -0.39 is 0 Å². The van der Waals surface area contributed by atoms with E-state index >= 15 is 0 Å². The Morgan fingerprint density at radius 3 is 2.92 bits per heavy atom. The van der Waals surface area contributed by atoms with E-state index in [0.29, 0.717) is 24.4 Å². The zero-order chi connectivity index (χ0) is 9.26. The molecule has 2 heterocycles. The lowest BCUT2D eigenvalue weighted by molar-refractivity contribution is 0.0405. The van der Waals surface area contributed by atoms with Gasteiger partial charge in [0.15, 0.2) is 5.82 Å². The van der Waals surface area contributed by atoms with E-state index in [1.165, 1.54) is 0 Å². The first kappa shape index (κ1) is 8.65. The van der Waals surface area contributed by atoms with E-state index in [1.54, 1.807) is 6.92 Å². The summed E-state index contributed by atoms with van der Waals surface area (Å²) in [6.07, 6.45) is 0. The highest BCUT2D eigenvalue weighted by atomic mass is 16.5. The van der Waals surface area contributed by atoms with Gasteiger partial charge in [-0.15, -0.1) is 0 Å². The van der Waals surface area contributed by atoms with Crippen LogP contribution in [0, 0.1) is 6.92 Å². The number of nitrogens with zero attached hydrogens (tertiary/aromatic N) is 2. The molecule has 0 bridgehead atoms. The fraction of sp³-hybridized carbons (Fsp3) is 0.750. The van der Waals surface area contributed by atoms with E-state index in [0.717, 1.165) is 6.61 Å². The van der Waals surface area contributed by atoms with Gasteiger partial charge in [0.05, 0.1) is 13.2 Å². The highest BCUT2D eigenvalue weighted by Gasteiger charge is 2.24. The predicted octanol–water partition coefficient (Wildman–Crippen LogP) is 0.427. The molecular formula is C8H13N3O2. The monoisotopic (exact) mass is 183 g/mol. The van der Waals surface area contributed by atoms with Crippen molar-refractivity contribution in [1.82, 2.24) is 15.5 Å². The number of ether oxygens (including phenoxy) is 1. The lowest BCUT2D eigenvalue weighted by Crippen LogP contribution is -2.41. The van der Waals surface area contributed by atoms with Crippen LogP contribution in [-0.2, 0) is 4.74 Å². The first-order valence-corrected chi connectivity index (χ1v) is 4.39. The van der Waals surface area contributed by atoms with Gasteiger partial charge in [0, 0.05) is 6.04 Å². The van der Waals surface area contributed by atoms with Gasteiger partial charge < -0.3 is 9.26 Å². The summed E-state index contributed by atoms with van der Waals surface area (Å²) >= 11 is 0. The van der Waals surface area contributed by atoms with Crippen molar-refractivity contribution in [2.75, 3.05) is 13.2 Å². The average molecular weight is 183 g/mol. The van der Waals surface area contributed by atoms with Crippen LogP contribution in [0.4, 0.5) is 0 Å². The molecule has 1 saturated heterocycles. The SMILES string of the molecule is Cc1noc(C2COCC(C)N2)n1. The van der Waals surface area contributed by atoms with E-state index in [-0.39, 0.29) is 6.04 Å². The zero-order valence-corrected chi connectivity index (χ0v) is 7.78. The molecule has 1 aromatic rings. The smallest absolute Gasteiger partial charge is 0.246 e. The van der Waals surface area contributed by atoms with Crippen LogP contribution in [0.1, 0.15) is 24.7 Å². The van der Waals surface area contributed by atoms with Crippen molar-refractivity contribution < 1.29 is 9.26 Å². The number of morpholine rings is 1. The summed E-state index contributed by atoms with van der Waals surface area (Å²) in [7, 11) is 0. The summed E-state index contributed by atoms with van der Waals surface area (Å²) in [5.74, 6) is 1.28. The number of hydrogen-bond donors (Lipinski definition) is 1. The molecule has 0 aliphatic carbocycles. The molecule has 0 aromatic carbocycles. The first-order valence-electron chi connectivity index (χ1n) is 4.39. The normalized spacial score (nSPS) is 29.1. The summed E-state index contributed by atoms with van der Waals surface area (Å²) in [4.78, 5) is 4.15. The molecule has 1 aliphatic rings. The lowest BCUT2D eigenvalue weighted by Gasteiger charge is -2.26. The molecule has 2 unspecified atom stereocenters. The molecule has 0 amide bonds. The van der Waals surface area contributed by atoms with Gasteiger partial charge in [-0.1, -0.05) is 5.16 Å². The fourth-order valence-corrected chi connectivity index (χ4v) is 1.40. The molecule has 1 N–H and O–H groups in total. The van der Waals surface area contributed by atoms with Crippen LogP contribution in [0.15, 0.2) is 4.52 Å². The van der Waals surface area contributed by atoms with Crippen LogP contribution in [0.5, 0.6) is 0 Å². The van der Waals surface area contributed by atoms with E-state index in [2.05, 4.69) is 22.4 Å². The molecule has 5 nitrogen and oxygen atoms in total. The summed E-state index contributed by atoms with van der Waals surface area (Å²) in [5, 5.41) is 7.06. The zero-order valence-electron chi connectivity index (χ0n) is 7.78. The Bertz CT molecular complexity index is 287. The second kappa shape index (κ2) is 3.43. The molecule has 1 fully saturated rings. The second-order valence-corrected chi connectivity index (χ2v) is 3.34. The van der Waals surface area contributed by atoms with E-state index in [4.69, 9.17) is 9.26 Å². The predicted molar refractivity (Wildman–Crippen MR) is 45.2 cm³/mol. The molecule has 0 saturated carbocycles. The maximum Gasteiger partial charge on any atom is 0.246 e. The highest BCUT2D eigenvalue weighted by Crippen LogP contribution is 2.15. The van der Waals surface area contributed by atoms with Crippen molar-refractivity contribution in [2.45, 2.75) is 25.9 Å². The summed E-state index contributed by atoms with van der Waals surface area (Å²) in [6.45, 7) is 5.21. The van der Waals surface area contributed by atoms with Crippen molar-refractivity contribution in [3.05, 3.63) is 11.7 Å². The molecule has 1 aromatic heterocycles. The molecule has 13 heavy (non-hydrogen) atoms. The van der Waals surface area contributed by atoms with Crippen molar-refractivity contribution >= 4 is 0 Å². The quantitative estimate of drug-likeness (QED) is 0.684. The second-order valence-electron chi connectivity index (χ2n) is 3.34. The summed E-state index contributed by atoms with van der Waals surface area (Å²) in [6, 6.07) is 0.385. The minimum Gasteiger partial charge on any atom is -0.378 e. The third kappa shape index (κ3) is 1.87. The Morgan fingerprint density at radius 1 is 1.46 bits per heavy atom. The Hall–Kier alpha value is -0.940. The molecular weight excluding hydrogens is 170 g/mol. The van der Waals surface area contributed by atoms with Crippen LogP contribution in [0.3, 0.4) is 0 Å². The fourth-order valence-electron chi connectivity index (χ4n) is 1.40. The van der Waals surface area contributed by atoms with Gasteiger partial charge in [-0.3, -0.25) is 5.32 Å². The van der Waals surface area contributed by atoms with Gasteiger partial charge in [0.25, 0.3) is 0 Å². The van der Waals surface area contributed by atoms with Gasteiger partial charge in [-0.2, -0.15) is 4.98 Å². The summed E-state index contributed by atoms with van der Waals surface area (Å²) < 4.78 is 10.4. The Labute approximate surface area is 76.5 Å². The maximum atomic E-state index is 5.37. The molecule has 5 heteroatoms. The van der Waals surface area contributed by atoms with Crippen molar-refractivity contribution in [1.29, 1.82) is 0 Å². The molecule has 72 valence electrons. The van der Waals surface area contributed by atoms with Crippen LogP contribution in [0.2, 0.25) is 0 Å². The van der Waals surface area contributed by atoms with Crippen LogP contribution in [-0.4, -0.2) is 29.4 Å². The lowest BCUT2D eigenvalue weighted by atomic mass is 10.2. The summed E-state index contributed by atoms with van der Waals surface area (Å²) in [5.41, 5.74) is 0. The average Bonchev–Trinajstić information content (AvgIpc) is 2.52. The van der Waals surface area contributed by atoms with Crippen molar-refractivity contribution in [2.24, 2.45) is 0 Å². The minimum absolute atomic E-state index is 0.0462. The largest absolute Gasteiger partial charge is 0.378 e. The van der Waals surface area contributed by atoms with Crippen molar-refractivity contribution in [3.8, 4) is 0 Å². The highest BCUT2D eigenvalue weighted by molar-refractivity contribution is 4.93. The molecule has 2 atom stereocenters. The Kier molecular flexibility index (Phi) is 2.28. The Morgan fingerprint density at radius 2 is 2.31 bits per heavy atom. The third-order valence-electron chi connectivity index (χ3n) is 1.98. The number of aromatic nitrogens is 2. The first-order chi connectivity index (χ1) is 6.25. The topological polar surface area (TPSA) is 60.2 Å². The maximum absolute atomic E-state index is 5.37. The minimum atomic E-state index is 0.0462. The number of rotatable bonds is 1. The van der Waals surface area contributed by atoms with Crippen molar-refractivity contribution in [3.63, 3.8) is 0 Å². The molecule has 0 radical (unpaired) electrons. The van der Waals surface area contributed by atoms with Gasteiger partial charge in [-0.05, 0) is 13.8 Å². The number of aryl methyl sites for hydroxylation is 1. The van der Waals surface area contributed by atoms with Gasteiger partial charge in [0.2, 0.25) is 5.89 Å². The van der Waals surface area contributed by atoms with E-state index in [9.17, 15) is 0 Å². The van der Waals surface area contributed by atoms with Gasteiger partial charge >= 0.3 is 0 Å².